The third-order valence-electron chi connectivity index (χ3n) is 2.57. The molecule has 0 heterocycles. The van der Waals surface area contributed by atoms with Gasteiger partial charge in [0.1, 0.15) is 11.8 Å². The summed E-state index contributed by atoms with van der Waals surface area (Å²) in [5.41, 5.74) is 0.126. The quantitative estimate of drug-likeness (QED) is 0.857. The highest BCUT2D eigenvalue weighted by atomic mass is 79.9. The zero-order valence-corrected chi connectivity index (χ0v) is 12.6. The Labute approximate surface area is 132 Å². The zero-order valence-electron chi connectivity index (χ0n) is 10.2. The highest BCUT2D eigenvalue weighted by Crippen LogP contribution is 2.34. The average molecular weight is 371 g/mol. The molecule has 2 aromatic carbocycles. The molecule has 0 fully saturated rings. The van der Waals surface area contributed by atoms with Crippen molar-refractivity contribution in [1.29, 1.82) is 5.26 Å². The molecule has 106 valence electrons. The van der Waals surface area contributed by atoms with Crippen molar-refractivity contribution in [1.82, 2.24) is 0 Å². The molecule has 0 spiro atoms. The minimum absolute atomic E-state index is 0.00571. The van der Waals surface area contributed by atoms with Crippen LogP contribution in [0.4, 0.5) is 4.39 Å². The summed E-state index contributed by atoms with van der Waals surface area (Å²) in [4.78, 5) is 10.8. The van der Waals surface area contributed by atoms with Crippen LogP contribution < -0.4 is 4.74 Å². The number of ether oxygens (including phenoxy) is 1. The first-order valence-electron chi connectivity index (χ1n) is 5.53. The Morgan fingerprint density at radius 1 is 1.33 bits per heavy atom. The van der Waals surface area contributed by atoms with E-state index >= 15 is 0 Å². The number of halogens is 3. The van der Waals surface area contributed by atoms with Crippen LogP contribution in [0.2, 0.25) is 5.02 Å². The summed E-state index contributed by atoms with van der Waals surface area (Å²) in [6.45, 7) is 0. The first-order chi connectivity index (χ1) is 9.93. The number of carboxylic acids is 1. The van der Waals surface area contributed by atoms with E-state index < -0.39 is 11.8 Å². The monoisotopic (exact) mass is 369 g/mol. The topological polar surface area (TPSA) is 70.3 Å². The van der Waals surface area contributed by atoms with Crippen LogP contribution in [0.1, 0.15) is 15.9 Å². The van der Waals surface area contributed by atoms with Crippen molar-refractivity contribution in [2.45, 2.75) is 0 Å². The summed E-state index contributed by atoms with van der Waals surface area (Å²) in [6, 6.07) is 8.33. The molecule has 0 atom stereocenters. The fraction of sp³-hybridized carbons (Fsp3) is 0. The molecule has 0 aliphatic heterocycles. The second-order valence-corrected chi connectivity index (χ2v) is 5.10. The van der Waals surface area contributed by atoms with Crippen molar-refractivity contribution in [2.24, 2.45) is 0 Å². The van der Waals surface area contributed by atoms with Gasteiger partial charge in [-0.3, -0.25) is 0 Å². The van der Waals surface area contributed by atoms with Gasteiger partial charge in [-0.1, -0.05) is 11.6 Å². The summed E-state index contributed by atoms with van der Waals surface area (Å²) in [5, 5.41) is 17.7. The van der Waals surface area contributed by atoms with E-state index in [4.69, 9.17) is 26.7 Å². The van der Waals surface area contributed by atoms with Gasteiger partial charge in [0.05, 0.1) is 20.6 Å². The molecular weight excluding hydrogens is 365 g/mol. The number of hydrogen-bond donors (Lipinski definition) is 1. The number of rotatable bonds is 3. The fourth-order valence-corrected chi connectivity index (χ4v) is 2.17. The standard InChI is InChI=1S/C14H6BrClFNO3/c15-12-8(6-18)2-4-11(13(12)17)21-10-3-1-7(14(19)20)5-9(10)16/h1-5H,(H,19,20). The number of benzene rings is 2. The third-order valence-corrected chi connectivity index (χ3v) is 3.64. The van der Waals surface area contributed by atoms with E-state index in [1.165, 1.54) is 30.3 Å². The van der Waals surface area contributed by atoms with Crippen LogP contribution >= 0.6 is 27.5 Å². The zero-order chi connectivity index (χ0) is 15.6. The number of hydrogen-bond acceptors (Lipinski definition) is 3. The van der Waals surface area contributed by atoms with Gasteiger partial charge in [-0.05, 0) is 46.3 Å². The smallest absolute Gasteiger partial charge is 0.335 e. The van der Waals surface area contributed by atoms with E-state index in [2.05, 4.69) is 15.9 Å². The summed E-state index contributed by atoms with van der Waals surface area (Å²) in [7, 11) is 0. The molecule has 0 saturated heterocycles. The van der Waals surface area contributed by atoms with Gasteiger partial charge < -0.3 is 9.84 Å². The lowest BCUT2D eigenvalue weighted by Crippen LogP contribution is -1.97. The van der Waals surface area contributed by atoms with E-state index in [0.717, 1.165) is 0 Å². The minimum Gasteiger partial charge on any atom is -0.478 e. The Kier molecular flexibility index (Phi) is 4.46. The van der Waals surface area contributed by atoms with Gasteiger partial charge in [0, 0.05) is 0 Å². The van der Waals surface area contributed by atoms with E-state index in [1.807, 2.05) is 6.07 Å². The normalized spacial score (nSPS) is 10.0. The average Bonchev–Trinajstić information content (AvgIpc) is 2.45. The molecular formula is C14H6BrClFNO3. The maximum absolute atomic E-state index is 14.0. The molecule has 0 bridgehead atoms. The van der Waals surface area contributed by atoms with Gasteiger partial charge in [-0.25, -0.2) is 9.18 Å². The lowest BCUT2D eigenvalue weighted by Gasteiger charge is -2.10. The highest BCUT2D eigenvalue weighted by molar-refractivity contribution is 9.10. The maximum atomic E-state index is 14.0. The molecule has 0 saturated carbocycles. The van der Waals surface area contributed by atoms with Crippen molar-refractivity contribution >= 4 is 33.5 Å². The SMILES string of the molecule is N#Cc1ccc(Oc2ccc(C(=O)O)cc2Cl)c(F)c1Br. The van der Waals surface area contributed by atoms with Gasteiger partial charge in [-0.2, -0.15) is 5.26 Å². The summed E-state index contributed by atoms with van der Waals surface area (Å²) in [5.74, 6) is -1.90. The maximum Gasteiger partial charge on any atom is 0.335 e. The molecule has 4 nitrogen and oxygen atoms in total. The largest absolute Gasteiger partial charge is 0.478 e. The molecule has 2 rings (SSSR count). The van der Waals surface area contributed by atoms with Crippen molar-refractivity contribution in [3.63, 3.8) is 0 Å². The second kappa shape index (κ2) is 6.12. The molecule has 0 unspecified atom stereocenters. The molecule has 7 heteroatoms. The van der Waals surface area contributed by atoms with Gasteiger partial charge >= 0.3 is 5.97 Å². The summed E-state index contributed by atoms with van der Waals surface area (Å²) < 4.78 is 19.3. The van der Waals surface area contributed by atoms with Crippen LogP contribution in [0.15, 0.2) is 34.8 Å². The van der Waals surface area contributed by atoms with Gasteiger partial charge in [0.25, 0.3) is 0 Å². The van der Waals surface area contributed by atoms with Crippen molar-refractivity contribution < 1.29 is 19.0 Å². The van der Waals surface area contributed by atoms with E-state index in [-0.39, 0.29) is 32.1 Å². The second-order valence-electron chi connectivity index (χ2n) is 3.90. The van der Waals surface area contributed by atoms with E-state index in [9.17, 15) is 9.18 Å². The van der Waals surface area contributed by atoms with Crippen LogP contribution in [0.5, 0.6) is 11.5 Å². The molecule has 0 aliphatic carbocycles. The number of carbonyl (C=O) groups is 1. The Morgan fingerprint density at radius 3 is 2.57 bits per heavy atom. The highest BCUT2D eigenvalue weighted by Gasteiger charge is 2.15. The lowest BCUT2D eigenvalue weighted by atomic mass is 10.2. The van der Waals surface area contributed by atoms with Crippen LogP contribution in [0, 0.1) is 17.1 Å². The van der Waals surface area contributed by atoms with E-state index in [1.54, 1.807) is 0 Å². The van der Waals surface area contributed by atoms with Crippen molar-refractivity contribution in [3.8, 4) is 17.6 Å². The first-order valence-corrected chi connectivity index (χ1v) is 6.70. The summed E-state index contributed by atoms with van der Waals surface area (Å²) >= 11 is 8.86. The summed E-state index contributed by atoms with van der Waals surface area (Å²) in [6.07, 6.45) is 0. The van der Waals surface area contributed by atoms with Crippen LogP contribution in [-0.4, -0.2) is 11.1 Å². The van der Waals surface area contributed by atoms with Crippen LogP contribution in [0.3, 0.4) is 0 Å². The molecule has 1 N–H and O–H groups in total. The van der Waals surface area contributed by atoms with Crippen LogP contribution in [-0.2, 0) is 0 Å². The Balaban J connectivity index is 2.37. The molecule has 0 amide bonds. The lowest BCUT2D eigenvalue weighted by molar-refractivity contribution is 0.0697. The molecule has 21 heavy (non-hydrogen) atoms. The predicted molar refractivity (Wildman–Crippen MR) is 77.3 cm³/mol. The molecule has 0 aliphatic rings. The fourth-order valence-electron chi connectivity index (χ4n) is 1.53. The number of carboxylic acid groups (broad SMARTS) is 1. The van der Waals surface area contributed by atoms with Crippen molar-refractivity contribution in [3.05, 3.63) is 56.8 Å². The van der Waals surface area contributed by atoms with Gasteiger partial charge in [0.2, 0.25) is 0 Å². The molecule has 2 aromatic rings. The number of nitrogens with zero attached hydrogens (tertiary/aromatic N) is 1. The minimum atomic E-state index is -1.13. The van der Waals surface area contributed by atoms with Crippen LogP contribution in [0.25, 0.3) is 0 Å². The van der Waals surface area contributed by atoms with Crippen molar-refractivity contribution in [2.75, 3.05) is 0 Å². The third kappa shape index (κ3) is 3.15. The van der Waals surface area contributed by atoms with Gasteiger partial charge in [0.15, 0.2) is 11.6 Å². The molecule has 0 radical (unpaired) electrons. The Bertz CT molecular complexity index is 774. The Hall–Kier alpha value is -2.10. The number of nitriles is 1. The van der Waals surface area contributed by atoms with E-state index in [0.29, 0.717) is 0 Å². The predicted octanol–water partition coefficient (Wildman–Crippen LogP) is 4.60. The number of aromatic carboxylic acids is 1. The first kappa shape index (κ1) is 15.3. The molecule has 0 aromatic heterocycles. The Morgan fingerprint density at radius 2 is 2.00 bits per heavy atom. The van der Waals surface area contributed by atoms with Gasteiger partial charge in [-0.15, -0.1) is 0 Å².